The van der Waals surface area contributed by atoms with E-state index in [4.69, 9.17) is 0 Å². The Hall–Kier alpha value is -3.91. The Labute approximate surface area is 150 Å². The fourth-order valence-electron chi connectivity index (χ4n) is 2.95. The van der Waals surface area contributed by atoms with E-state index in [0.717, 1.165) is 16.6 Å². The number of amides is 1. The van der Waals surface area contributed by atoms with E-state index in [1.165, 1.54) is 0 Å². The first kappa shape index (κ1) is 15.6. The molecule has 0 aliphatic rings. The van der Waals surface area contributed by atoms with E-state index in [1.807, 2.05) is 54.6 Å². The first-order valence-electron chi connectivity index (χ1n) is 8.10. The van der Waals surface area contributed by atoms with E-state index >= 15 is 0 Å². The fourth-order valence-corrected chi connectivity index (χ4v) is 2.95. The summed E-state index contributed by atoms with van der Waals surface area (Å²) in [5.41, 5.74) is 6.95. The lowest BCUT2D eigenvalue weighted by atomic mass is 9.95. The number of para-hydroxylation sites is 2. The summed E-state index contributed by atoms with van der Waals surface area (Å²) >= 11 is 0. The molecule has 1 N–H and O–H groups in total. The quantitative estimate of drug-likeness (QED) is 0.615. The highest BCUT2D eigenvalue weighted by Gasteiger charge is 2.15. The molecule has 0 unspecified atom stereocenters. The lowest BCUT2D eigenvalue weighted by Crippen LogP contribution is -2.22. The zero-order chi connectivity index (χ0) is 17.9. The van der Waals surface area contributed by atoms with Gasteiger partial charge in [-0.25, -0.2) is 9.66 Å². The summed E-state index contributed by atoms with van der Waals surface area (Å²) in [6, 6.07) is 24.2. The average molecular weight is 338 g/mol. The number of nitriles is 1. The number of nitrogens with zero attached hydrogens (tertiary/aromatic N) is 3. The second-order valence-corrected chi connectivity index (χ2v) is 5.75. The fraction of sp³-hybridized carbons (Fsp3) is 0. The standard InChI is InChI=1S/C21H14N4O/c22-13-15-7-1-2-8-16(15)17-9-3-4-10-18(17)21(26)24-25-14-23-19-11-5-6-12-20(19)25/h1-12,14H,(H,24,26). The van der Waals surface area contributed by atoms with Crippen molar-refractivity contribution < 1.29 is 4.79 Å². The van der Waals surface area contributed by atoms with E-state index < -0.39 is 0 Å². The highest BCUT2D eigenvalue weighted by Crippen LogP contribution is 2.27. The van der Waals surface area contributed by atoms with Gasteiger partial charge in [-0.1, -0.05) is 48.5 Å². The van der Waals surface area contributed by atoms with Crippen molar-refractivity contribution in [3.05, 3.63) is 90.3 Å². The van der Waals surface area contributed by atoms with E-state index in [0.29, 0.717) is 16.7 Å². The molecule has 0 saturated carbocycles. The van der Waals surface area contributed by atoms with Gasteiger partial charge in [0.1, 0.15) is 6.33 Å². The summed E-state index contributed by atoms with van der Waals surface area (Å²) in [6.45, 7) is 0. The van der Waals surface area contributed by atoms with E-state index in [2.05, 4.69) is 16.5 Å². The lowest BCUT2D eigenvalue weighted by Gasteiger charge is -2.12. The molecular weight excluding hydrogens is 324 g/mol. The average Bonchev–Trinajstić information content (AvgIpc) is 3.11. The highest BCUT2D eigenvalue weighted by atomic mass is 16.2. The van der Waals surface area contributed by atoms with Crippen molar-refractivity contribution in [1.82, 2.24) is 9.66 Å². The second kappa shape index (κ2) is 6.54. The molecule has 4 aromatic rings. The molecule has 3 aromatic carbocycles. The Bertz CT molecular complexity index is 1150. The predicted molar refractivity (Wildman–Crippen MR) is 100 cm³/mol. The number of nitrogens with one attached hydrogen (secondary N) is 1. The van der Waals surface area contributed by atoms with Gasteiger partial charge in [-0.3, -0.25) is 10.2 Å². The van der Waals surface area contributed by atoms with E-state index in [1.54, 1.807) is 29.2 Å². The van der Waals surface area contributed by atoms with Gasteiger partial charge < -0.3 is 0 Å². The molecule has 0 aliphatic heterocycles. The van der Waals surface area contributed by atoms with Gasteiger partial charge in [0, 0.05) is 11.1 Å². The molecule has 0 spiro atoms. The van der Waals surface area contributed by atoms with Crippen LogP contribution >= 0.6 is 0 Å². The summed E-state index contributed by atoms with van der Waals surface area (Å²) in [5, 5.41) is 9.37. The zero-order valence-electron chi connectivity index (χ0n) is 13.8. The number of carbonyl (C=O) groups excluding carboxylic acids is 1. The molecule has 5 nitrogen and oxygen atoms in total. The van der Waals surface area contributed by atoms with Crippen molar-refractivity contribution in [1.29, 1.82) is 5.26 Å². The molecule has 0 atom stereocenters. The van der Waals surface area contributed by atoms with Gasteiger partial charge in [-0.2, -0.15) is 5.26 Å². The molecule has 0 bridgehead atoms. The van der Waals surface area contributed by atoms with Gasteiger partial charge in [0.05, 0.1) is 22.7 Å². The van der Waals surface area contributed by atoms with E-state index in [-0.39, 0.29) is 5.91 Å². The minimum atomic E-state index is -0.267. The molecule has 5 heteroatoms. The third-order valence-electron chi connectivity index (χ3n) is 4.18. The molecule has 26 heavy (non-hydrogen) atoms. The van der Waals surface area contributed by atoms with Crippen LogP contribution in [0.25, 0.3) is 22.2 Å². The van der Waals surface area contributed by atoms with E-state index in [9.17, 15) is 10.1 Å². The molecule has 1 aromatic heterocycles. The first-order chi connectivity index (χ1) is 12.8. The SMILES string of the molecule is N#Cc1ccccc1-c1ccccc1C(=O)Nn1cnc2ccccc21. The molecule has 124 valence electrons. The van der Waals surface area contributed by atoms with Crippen molar-refractivity contribution in [2.75, 3.05) is 5.43 Å². The second-order valence-electron chi connectivity index (χ2n) is 5.75. The molecule has 0 saturated heterocycles. The summed E-state index contributed by atoms with van der Waals surface area (Å²) in [5.74, 6) is -0.267. The number of hydrogen-bond donors (Lipinski definition) is 1. The summed E-state index contributed by atoms with van der Waals surface area (Å²) in [6.07, 6.45) is 1.58. The van der Waals surface area contributed by atoms with Crippen LogP contribution in [0.1, 0.15) is 15.9 Å². The van der Waals surface area contributed by atoms with Gasteiger partial charge in [0.15, 0.2) is 0 Å². The van der Waals surface area contributed by atoms with Crippen LogP contribution in [0.2, 0.25) is 0 Å². The lowest BCUT2D eigenvalue weighted by molar-refractivity contribution is 0.101. The number of rotatable bonds is 3. The maximum Gasteiger partial charge on any atom is 0.270 e. The number of benzene rings is 3. The van der Waals surface area contributed by atoms with Crippen molar-refractivity contribution in [3.8, 4) is 17.2 Å². The Balaban J connectivity index is 1.75. The monoisotopic (exact) mass is 338 g/mol. The maximum atomic E-state index is 12.9. The van der Waals surface area contributed by atoms with Gasteiger partial charge in [0.25, 0.3) is 5.91 Å². The Morgan fingerprint density at radius 2 is 1.62 bits per heavy atom. The van der Waals surface area contributed by atoms with Crippen LogP contribution in [0.5, 0.6) is 0 Å². The predicted octanol–water partition coefficient (Wildman–Crippen LogP) is 3.96. The summed E-state index contributed by atoms with van der Waals surface area (Å²) < 4.78 is 1.60. The topological polar surface area (TPSA) is 70.7 Å². The van der Waals surface area contributed by atoms with Crippen LogP contribution in [-0.2, 0) is 0 Å². The van der Waals surface area contributed by atoms with Crippen LogP contribution in [0.3, 0.4) is 0 Å². The van der Waals surface area contributed by atoms with Crippen LogP contribution in [0.4, 0.5) is 0 Å². The van der Waals surface area contributed by atoms with Gasteiger partial charge in [-0.15, -0.1) is 0 Å². The smallest absolute Gasteiger partial charge is 0.267 e. The molecule has 0 aliphatic carbocycles. The van der Waals surface area contributed by atoms with Crippen molar-refractivity contribution >= 4 is 16.9 Å². The maximum absolute atomic E-state index is 12.9. The molecule has 0 fully saturated rings. The largest absolute Gasteiger partial charge is 0.270 e. The zero-order valence-corrected chi connectivity index (χ0v) is 13.8. The highest BCUT2D eigenvalue weighted by molar-refractivity contribution is 6.06. The number of hydrogen-bond acceptors (Lipinski definition) is 3. The van der Waals surface area contributed by atoms with Gasteiger partial charge in [-0.05, 0) is 29.8 Å². The Morgan fingerprint density at radius 1 is 0.923 bits per heavy atom. The van der Waals surface area contributed by atoms with Crippen LogP contribution < -0.4 is 5.43 Å². The first-order valence-corrected chi connectivity index (χ1v) is 8.10. The third-order valence-corrected chi connectivity index (χ3v) is 4.18. The molecule has 1 heterocycles. The minimum Gasteiger partial charge on any atom is -0.267 e. The third kappa shape index (κ3) is 2.70. The molecule has 1 amide bonds. The summed E-state index contributed by atoms with van der Waals surface area (Å²) in [4.78, 5) is 17.2. The van der Waals surface area contributed by atoms with Crippen molar-refractivity contribution in [2.45, 2.75) is 0 Å². The van der Waals surface area contributed by atoms with Gasteiger partial charge >= 0.3 is 0 Å². The Kier molecular flexibility index (Phi) is 3.92. The van der Waals surface area contributed by atoms with Crippen molar-refractivity contribution in [3.63, 3.8) is 0 Å². The van der Waals surface area contributed by atoms with Gasteiger partial charge in [0.2, 0.25) is 0 Å². The van der Waals surface area contributed by atoms with Crippen LogP contribution in [-0.4, -0.2) is 15.6 Å². The molecular formula is C21H14N4O. The Morgan fingerprint density at radius 3 is 2.46 bits per heavy atom. The minimum absolute atomic E-state index is 0.267. The molecule has 0 radical (unpaired) electrons. The number of imidazole rings is 1. The number of carbonyl (C=O) groups is 1. The van der Waals surface area contributed by atoms with Crippen LogP contribution in [0, 0.1) is 11.3 Å². The van der Waals surface area contributed by atoms with Crippen LogP contribution in [0.15, 0.2) is 79.1 Å². The number of fused-ring (bicyclic) bond motifs is 1. The van der Waals surface area contributed by atoms with Crippen molar-refractivity contribution in [2.24, 2.45) is 0 Å². The molecule has 4 rings (SSSR count). The summed E-state index contributed by atoms with van der Waals surface area (Å²) in [7, 11) is 0. The number of aromatic nitrogens is 2. The normalized spacial score (nSPS) is 10.4.